The summed E-state index contributed by atoms with van der Waals surface area (Å²) in [4.78, 5) is 25.0. The van der Waals surface area contributed by atoms with Crippen molar-refractivity contribution >= 4 is 17.8 Å². The van der Waals surface area contributed by atoms with Crippen molar-refractivity contribution in [2.24, 2.45) is 0 Å². The fourth-order valence-corrected chi connectivity index (χ4v) is 3.31. The number of ketones is 1. The van der Waals surface area contributed by atoms with Crippen LogP contribution in [0.2, 0.25) is 0 Å². The van der Waals surface area contributed by atoms with Gasteiger partial charge in [-0.05, 0) is 67.8 Å². The van der Waals surface area contributed by atoms with Crippen LogP contribution in [0.5, 0.6) is 17.2 Å². The van der Waals surface area contributed by atoms with Crippen LogP contribution in [0, 0.1) is 6.92 Å². The van der Waals surface area contributed by atoms with Gasteiger partial charge in [0.1, 0.15) is 5.75 Å². The first-order valence-electron chi connectivity index (χ1n) is 11.5. The number of carbonyl (C=O) groups excluding carboxylic acids is 2. The SMILES string of the molecule is CCCCOc1ccc(/C=C/C(=O)Oc2ccc(C(=O)c3ccccc3)cc2C)cc1OCC. The Morgan fingerprint density at radius 2 is 1.59 bits per heavy atom. The maximum Gasteiger partial charge on any atom is 0.336 e. The van der Waals surface area contributed by atoms with Crippen molar-refractivity contribution in [3.8, 4) is 17.2 Å². The minimum absolute atomic E-state index is 0.0753. The summed E-state index contributed by atoms with van der Waals surface area (Å²) in [7, 11) is 0. The molecule has 176 valence electrons. The molecule has 0 radical (unpaired) electrons. The van der Waals surface area contributed by atoms with Crippen molar-refractivity contribution in [2.75, 3.05) is 13.2 Å². The lowest BCUT2D eigenvalue weighted by Crippen LogP contribution is -2.06. The van der Waals surface area contributed by atoms with Crippen LogP contribution in [0.4, 0.5) is 0 Å². The van der Waals surface area contributed by atoms with Gasteiger partial charge in [-0.1, -0.05) is 49.7 Å². The molecule has 3 rings (SSSR count). The molecule has 0 atom stereocenters. The Morgan fingerprint density at radius 3 is 2.29 bits per heavy atom. The molecule has 0 spiro atoms. The van der Waals surface area contributed by atoms with Crippen molar-refractivity contribution in [2.45, 2.75) is 33.6 Å². The molecular weight excluding hydrogens is 428 g/mol. The molecule has 0 bridgehead atoms. The predicted molar refractivity (Wildman–Crippen MR) is 134 cm³/mol. The second-order valence-electron chi connectivity index (χ2n) is 7.77. The van der Waals surface area contributed by atoms with E-state index in [1.807, 2.05) is 43.3 Å². The zero-order chi connectivity index (χ0) is 24.3. The second-order valence-corrected chi connectivity index (χ2v) is 7.77. The molecular formula is C29H30O5. The van der Waals surface area contributed by atoms with Gasteiger partial charge < -0.3 is 14.2 Å². The highest BCUT2D eigenvalue weighted by Crippen LogP contribution is 2.29. The van der Waals surface area contributed by atoms with E-state index in [-0.39, 0.29) is 5.78 Å². The van der Waals surface area contributed by atoms with Gasteiger partial charge in [-0.15, -0.1) is 0 Å². The molecule has 0 unspecified atom stereocenters. The summed E-state index contributed by atoms with van der Waals surface area (Å²) in [6.45, 7) is 6.98. The zero-order valence-corrected chi connectivity index (χ0v) is 19.9. The third-order valence-corrected chi connectivity index (χ3v) is 5.12. The van der Waals surface area contributed by atoms with Crippen molar-refractivity contribution in [3.05, 3.63) is 95.1 Å². The largest absolute Gasteiger partial charge is 0.490 e. The average Bonchev–Trinajstić information content (AvgIpc) is 2.85. The van der Waals surface area contributed by atoms with Crippen molar-refractivity contribution in [1.29, 1.82) is 0 Å². The molecule has 5 nitrogen and oxygen atoms in total. The molecule has 0 aliphatic carbocycles. The topological polar surface area (TPSA) is 61.8 Å². The Kier molecular flexibility index (Phi) is 9.04. The third kappa shape index (κ3) is 6.82. The first kappa shape index (κ1) is 24.8. The quantitative estimate of drug-likeness (QED) is 0.109. The van der Waals surface area contributed by atoms with Crippen LogP contribution in [0.15, 0.2) is 72.8 Å². The lowest BCUT2D eigenvalue weighted by atomic mass is 10.0. The molecule has 0 fully saturated rings. The predicted octanol–water partition coefficient (Wildman–Crippen LogP) is 6.42. The molecule has 0 saturated heterocycles. The first-order valence-corrected chi connectivity index (χ1v) is 11.5. The summed E-state index contributed by atoms with van der Waals surface area (Å²) in [5, 5.41) is 0. The van der Waals surface area contributed by atoms with E-state index >= 15 is 0 Å². The molecule has 0 saturated carbocycles. The van der Waals surface area contributed by atoms with Gasteiger partial charge in [0, 0.05) is 17.2 Å². The third-order valence-electron chi connectivity index (χ3n) is 5.12. The summed E-state index contributed by atoms with van der Waals surface area (Å²) >= 11 is 0. The Bertz CT molecular complexity index is 1150. The number of ether oxygens (including phenoxy) is 3. The number of hydrogen-bond donors (Lipinski definition) is 0. The molecule has 0 heterocycles. The molecule has 3 aromatic carbocycles. The highest BCUT2D eigenvalue weighted by Gasteiger charge is 2.12. The second kappa shape index (κ2) is 12.4. The summed E-state index contributed by atoms with van der Waals surface area (Å²) < 4.78 is 17.0. The zero-order valence-electron chi connectivity index (χ0n) is 19.9. The van der Waals surface area contributed by atoms with Gasteiger partial charge in [0.15, 0.2) is 17.3 Å². The Morgan fingerprint density at radius 1 is 0.824 bits per heavy atom. The maximum absolute atomic E-state index is 12.6. The van der Waals surface area contributed by atoms with Gasteiger partial charge in [-0.3, -0.25) is 4.79 Å². The summed E-state index contributed by atoms with van der Waals surface area (Å²) in [6.07, 6.45) is 5.06. The van der Waals surface area contributed by atoms with Gasteiger partial charge >= 0.3 is 5.97 Å². The normalized spacial score (nSPS) is 10.8. The number of benzene rings is 3. The van der Waals surface area contributed by atoms with E-state index in [1.54, 1.807) is 43.3 Å². The Balaban J connectivity index is 1.66. The van der Waals surface area contributed by atoms with Gasteiger partial charge in [0.05, 0.1) is 13.2 Å². The Labute approximate surface area is 201 Å². The number of rotatable bonds is 11. The number of carbonyl (C=O) groups is 2. The molecule has 0 aliphatic heterocycles. The van der Waals surface area contributed by atoms with E-state index < -0.39 is 5.97 Å². The molecule has 3 aromatic rings. The lowest BCUT2D eigenvalue weighted by molar-refractivity contribution is -0.128. The number of hydrogen-bond acceptors (Lipinski definition) is 5. The van der Waals surface area contributed by atoms with E-state index in [9.17, 15) is 9.59 Å². The van der Waals surface area contributed by atoms with Gasteiger partial charge in [-0.25, -0.2) is 4.79 Å². The minimum Gasteiger partial charge on any atom is -0.490 e. The maximum atomic E-state index is 12.6. The molecule has 0 aliphatic rings. The molecule has 0 amide bonds. The van der Waals surface area contributed by atoms with E-state index in [1.165, 1.54) is 6.08 Å². The van der Waals surface area contributed by atoms with Gasteiger partial charge in [0.2, 0.25) is 0 Å². The van der Waals surface area contributed by atoms with Crippen molar-refractivity contribution in [3.63, 3.8) is 0 Å². The average molecular weight is 459 g/mol. The van der Waals surface area contributed by atoms with E-state index in [0.717, 1.165) is 18.4 Å². The fraction of sp³-hybridized carbons (Fsp3) is 0.241. The van der Waals surface area contributed by atoms with Crippen molar-refractivity contribution in [1.82, 2.24) is 0 Å². The van der Waals surface area contributed by atoms with Crippen LogP contribution in [-0.4, -0.2) is 25.0 Å². The smallest absolute Gasteiger partial charge is 0.336 e. The van der Waals surface area contributed by atoms with E-state index in [2.05, 4.69) is 6.92 Å². The highest BCUT2D eigenvalue weighted by atomic mass is 16.5. The summed E-state index contributed by atoms with van der Waals surface area (Å²) in [5.41, 5.74) is 2.66. The van der Waals surface area contributed by atoms with Crippen LogP contribution in [-0.2, 0) is 4.79 Å². The molecule has 0 aromatic heterocycles. The van der Waals surface area contributed by atoms with E-state index in [0.29, 0.717) is 47.2 Å². The summed E-state index contributed by atoms with van der Waals surface area (Å²) in [5.74, 6) is 1.16. The molecule has 34 heavy (non-hydrogen) atoms. The van der Waals surface area contributed by atoms with Gasteiger partial charge in [-0.2, -0.15) is 0 Å². The number of unbranched alkanes of at least 4 members (excludes halogenated alkanes) is 1. The highest BCUT2D eigenvalue weighted by molar-refractivity contribution is 6.09. The molecule has 0 N–H and O–H groups in total. The van der Waals surface area contributed by atoms with Crippen LogP contribution in [0.25, 0.3) is 6.08 Å². The van der Waals surface area contributed by atoms with E-state index in [4.69, 9.17) is 14.2 Å². The standard InChI is InChI=1S/C29H30O5/c1-4-6-18-33-26-15-12-22(20-27(26)32-5-2)13-17-28(30)34-25-16-14-24(19-21(25)3)29(31)23-10-8-7-9-11-23/h7-17,19-20H,4-6,18H2,1-3H3/b17-13+. The van der Waals surface area contributed by atoms with Gasteiger partial charge in [0.25, 0.3) is 0 Å². The Hall–Kier alpha value is -3.86. The lowest BCUT2D eigenvalue weighted by Gasteiger charge is -2.12. The molecule has 5 heteroatoms. The van der Waals surface area contributed by atoms with Crippen LogP contribution in [0.1, 0.15) is 53.7 Å². The van der Waals surface area contributed by atoms with Crippen molar-refractivity contribution < 1.29 is 23.8 Å². The first-order chi connectivity index (χ1) is 16.5. The van der Waals surface area contributed by atoms with Crippen LogP contribution in [0.3, 0.4) is 0 Å². The minimum atomic E-state index is -0.508. The monoisotopic (exact) mass is 458 g/mol. The number of aryl methyl sites for hydroxylation is 1. The summed E-state index contributed by atoms with van der Waals surface area (Å²) in [6, 6.07) is 19.7. The number of esters is 1. The van der Waals surface area contributed by atoms with Crippen LogP contribution >= 0.6 is 0 Å². The fourth-order valence-electron chi connectivity index (χ4n) is 3.31. The van der Waals surface area contributed by atoms with Crippen LogP contribution < -0.4 is 14.2 Å².